The average Bonchev–Trinajstić information content (AvgIpc) is 2.72. The predicted octanol–water partition coefficient (Wildman–Crippen LogP) is 0.100. The molecule has 7 N–H and O–H groups in total. The first-order valence-corrected chi connectivity index (χ1v) is 9.05. The molecule has 1 fully saturated rings. The fraction of sp³-hybridized carbons (Fsp3) is 0.250. The number of rotatable bonds is 3. The Balaban J connectivity index is 1.76. The van der Waals surface area contributed by atoms with Gasteiger partial charge >= 0.3 is 0 Å². The lowest BCUT2D eigenvalue weighted by molar-refractivity contribution is -0.242. The number of benzene rings is 2. The Morgan fingerprint density at radius 3 is 2.42 bits per heavy atom. The highest BCUT2D eigenvalue weighted by Gasteiger charge is 2.39. The van der Waals surface area contributed by atoms with Gasteiger partial charge in [-0.1, -0.05) is 0 Å². The van der Waals surface area contributed by atoms with E-state index in [4.69, 9.17) is 13.9 Å². The van der Waals surface area contributed by atoms with Crippen LogP contribution in [0, 0.1) is 0 Å². The van der Waals surface area contributed by atoms with Crippen molar-refractivity contribution in [2.75, 3.05) is 6.61 Å². The lowest BCUT2D eigenvalue weighted by Gasteiger charge is -2.35. The van der Waals surface area contributed by atoms with Gasteiger partial charge in [0.15, 0.2) is 17.3 Å². The molecule has 0 aliphatic carbocycles. The molecule has 11 heteroatoms. The second-order valence-corrected chi connectivity index (χ2v) is 7.00. The number of hydrogen-bond donors (Lipinski definition) is 7. The summed E-state index contributed by atoms with van der Waals surface area (Å²) in [6.45, 7) is -0.323. The maximum atomic E-state index is 12.5. The lowest BCUT2D eigenvalue weighted by Crippen LogP contribution is -2.54. The summed E-state index contributed by atoms with van der Waals surface area (Å²) in [4.78, 5) is 12.5. The molecule has 11 nitrogen and oxygen atoms in total. The average molecular weight is 434 g/mol. The number of phenols is 3. The van der Waals surface area contributed by atoms with E-state index in [-0.39, 0.29) is 40.4 Å². The number of aromatic hydroxyl groups is 4. The third-order valence-corrected chi connectivity index (χ3v) is 4.85. The van der Waals surface area contributed by atoms with Crippen LogP contribution in [0.4, 0.5) is 0 Å². The van der Waals surface area contributed by atoms with E-state index in [9.17, 15) is 40.5 Å². The third kappa shape index (κ3) is 3.59. The summed E-state index contributed by atoms with van der Waals surface area (Å²) < 4.78 is 16.0. The van der Waals surface area contributed by atoms with Crippen LogP contribution in [0.25, 0.3) is 22.3 Å². The van der Waals surface area contributed by atoms with E-state index in [1.807, 2.05) is 0 Å². The summed E-state index contributed by atoms with van der Waals surface area (Å²) in [6.07, 6.45) is -5.89. The molecular formula is C20H18O11. The second kappa shape index (κ2) is 7.63. The first kappa shape index (κ1) is 20.8. The first-order chi connectivity index (χ1) is 14.7. The Hall–Kier alpha value is -3.51. The van der Waals surface area contributed by atoms with Crippen LogP contribution in [0.3, 0.4) is 0 Å². The molecular weight excluding hydrogens is 416 g/mol. The molecule has 1 aromatic heterocycles. The number of ether oxygens (including phenoxy) is 2. The molecule has 0 bridgehead atoms. The maximum absolute atomic E-state index is 12.5. The first-order valence-electron chi connectivity index (χ1n) is 9.05. The van der Waals surface area contributed by atoms with Crippen LogP contribution >= 0.6 is 0 Å². The van der Waals surface area contributed by atoms with E-state index in [1.54, 1.807) is 0 Å². The Labute approximate surface area is 173 Å². The van der Waals surface area contributed by atoms with Gasteiger partial charge in [-0.05, 0) is 18.2 Å². The fourth-order valence-corrected chi connectivity index (χ4v) is 3.23. The van der Waals surface area contributed by atoms with Gasteiger partial charge in [0.1, 0.15) is 40.8 Å². The van der Waals surface area contributed by atoms with Gasteiger partial charge in [0, 0.05) is 17.7 Å². The normalized spacial score (nSPS) is 23.7. The molecule has 2 unspecified atom stereocenters. The number of fused-ring (bicyclic) bond motifs is 1. The molecule has 164 valence electrons. The molecule has 2 heterocycles. The Kier molecular flexibility index (Phi) is 5.11. The summed E-state index contributed by atoms with van der Waals surface area (Å²) in [7, 11) is 0. The van der Waals surface area contributed by atoms with E-state index in [0.717, 1.165) is 18.2 Å². The monoisotopic (exact) mass is 434 g/mol. The molecule has 2 aromatic carbocycles. The highest BCUT2D eigenvalue weighted by molar-refractivity contribution is 5.88. The highest BCUT2D eigenvalue weighted by atomic mass is 16.7. The quantitative estimate of drug-likeness (QED) is 0.296. The standard InChI is InChI=1S/C20H18O11/c21-8-4-10(23)14-13(5-8)30-19(17(27)16(14)26)7-1-2-9(22)12(3-7)31-20-18(28)15(25)11(24)6-29-20/h1-5,11,15,18,20-25,27-28H,6H2/t11-,15?,18?,20+/m1/s1. The van der Waals surface area contributed by atoms with E-state index < -0.39 is 47.3 Å². The molecule has 0 radical (unpaired) electrons. The zero-order chi connectivity index (χ0) is 22.4. The Morgan fingerprint density at radius 2 is 1.68 bits per heavy atom. The van der Waals surface area contributed by atoms with Crippen LogP contribution < -0.4 is 10.2 Å². The molecule has 1 aliphatic rings. The van der Waals surface area contributed by atoms with Crippen LogP contribution in [0.15, 0.2) is 39.5 Å². The van der Waals surface area contributed by atoms with Crippen molar-refractivity contribution in [1.29, 1.82) is 0 Å². The van der Waals surface area contributed by atoms with E-state index in [0.29, 0.717) is 0 Å². The molecule has 4 rings (SSSR count). The second-order valence-electron chi connectivity index (χ2n) is 7.00. The van der Waals surface area contributed by atoms with Gasteiger partial charge in [-0.3, -0.25) is 4.79 Å². The van der Waals surface area contributed by atoms with Crippen molar-refractivity contribution in [3.63, 3.8) is 0 Å². The molecule has 31 heavy (non-hydrogen) atoms. The highest BCUT2D eigenvalue weighted by Crippen LogP contribution is 2.38. The van der Waals surface area contributed by atoms with Crippen LogP contribution in [-0.4, -0.2) is 67.0 Å². The topological polar surface area (TPSA) is 190 Å². The fourth-order valence-electron chi connectivity index (χ4n) is 3.23. The minimum atomic E-state index is -1.62. The molecule has 0 spiro atoms. The van der Waals surface area contributed by atoms with Crippen LogP contribution in [-0.2, 0) is 4.74 Å². The lowest BCUT2D eigenvalue weighted by atomic mass is 10.1. The van der Waals surface area contributed by atoms with Crippen molar-refractivity contribution < 1.29 is 49.6 Å². The van der Waals surface area contributed by atoms with Crippen LogP contribution in [0.1, 0.15) is 0 Å². The number of hydrogen-bond acceptors (Lipinski definition) is 11. The number of aliphatic hydroxyl groups excluding tert-OH is 3. The number of aliphatic hydroxyl groups is 3. The maximum Gasteiger partial charge on any atom is 0.238 e. The zero-order valence-corrected chi connectivity index (χ0v) is 15.7. The summed E-state index contributed by atoms with van der Waals surface area (Å²) >= 11 is 0. The molecule has 4 atom stereocenters. The minimum absolute atomic E-state index is 0.0676. The van der Waals surface area contributed by atoms with Crippen LogP contribution in [0.2, 0.25) is 0 Å². The summed E-state index contributed by atoms with van der Waals surface area (Å²) in [5.74, 6) is -2.76. The van der Waals surface area contributed by atoms with E-state index in [2.05, 4.69) is 0 Å². The van der Waals surface area contributed by atoms with E-state index >= 15 is 0 Å². The van der Waals surface area contributed by atoms with Gasteiger partial charge in [-0.25, -0.2) is 0 Å². The molecule has 1 saturated heterocycles. The van der Waals surface area contributed by atoms with Crippen molar-refractivity contribution in [1.82, 2.24) is 0 Å². The Morgan fingerprint density at radius 1 is 0.935 bits per heavy atom. The molecule has 0 saturated carbocycles. The van der Waals surface area contributed by atoms with Gasteiger partial charge in [0.25, 0.3) is 0 Å². The van der Waals surface area contributed by atoms with Gasteiger partial charge in [0.05, 0.1) is 6.61 Å². The number of phenolic OH excluding ortho intramolecular Hbond substituents is 3. The summed E-state index contributed by atoms with van der Waals surface area (Å²) in [5.41, 5.74) is -1.08. The van der Waals surface area contributed by atoms with Crippen molar-refractivity contribution in [2.45, 2.75) is 24.6 Å². The van der Waals surface area contributed by atoms with Gasteiger partial charge in [-0.2, -0.15) is 0 Å². The zero-order valence-electron chi connectivity index (χ0n) is 15.7. The molecule has 1 aliphatic heterocycles. The van der Waals surface area contributed by atoms with Crippen molar-refractivity contribution in [3.8, 4) is 40.1 Å². The van der Waals surface area contributed by atoms with Crippen molar-refractivity contribution in [3.05, 3.63) is 40.6 Å². The van der Waals surface area contributed by atoms with E-state index in [1.165, 1.54) is 12.1 Å². The summed E-state index contributed by atoms with van der Waals surface area (Å²) in [6, 6.07) is 5.64. The predicted molar refractivity (Wildman–Crippen MR) is 103 cm³/mol. The van der Waals surface area contributed by atoms with Crippen molar-refractivity contribution >= 4 is 11.0 Å². The van der Waals surface area contributed by atoms with Gasteiger partial charge in [-0.15, -0.1) is 0 Å². The van der Waals surface area contributed by atoms with Gasteiger partial charge in [0.2, 0.25) is 17.5 Å². The van der Waals surface area contributed by atoms with Gasteiger partial charge < -0.3 is 49.6 Å². The SMILES string of the molecule is O=c1c(O)c(-c2ccc(O)c(O[C@@H]3OC[C@@H](O)C(O)C3O)c2)oc2cc(O)cc(O)c12. The minimum Gasteiger partial charge on any atom is -0.508 e. The largest absolute Gasteiger partial charge is 0.508 e. The summed E-state index contributed by atoms with van der Waals surface area (Å²) in [5, 5.41) is 68.9. The van der Waals surface area contributed by atoms with Crippen LogP contribution in [0.5, 0.6) is 28.7 Å². The molecule has 0 amide bonds. The molecule has 3 aromatic rings. The third-order valence-electron chi connectivity index (χ3n) is 4.85. The smallest absolute Gasteiger partial charge is 0.238 e. The van der Waals surface area contributed by atoms with Crippen molar-refractivity contribution in [2.24, 2.45) is 0 Å². The Bertz CT molecular complexity index is 1200.